The maximum absolute atomic E-state index is 12.1. The van der Waals surface area contributed by atoms with Gasteiger partial charge in [0, 0.05) is 25.5 Å². The highest BCUT2D eigenvalue weighted by Crippen LogP contribution is 2.24. The van der Waals surface area contributed by atoms with Gasteiger partial charge < -0.3 is 4.90 Å². The third-order valence-corrected chi connectivity index (χ3v) is 5.28. The first-order valence-corrected chi connectivity index (χ1v) is 10.0. The second-order valence-corrected chi connectivity index (χ2v) is 7.33. The lowest BCUT2D eigenvalue weighted by molar-refractivity contribution is -0.127. The Balaban J connectivity index is 0.000000176. The number of rotatable bonds is 4. The number of amides is 1. The fourth-order valence-electron chi connectivity index (χ4n) is 3.19. The van der Waals surface area contributed by atoms with Gasteiger partial charge in [0.25, 0.3) is 0 Å². The molecule has 0 aromatic carbocycles. The van der Waals surface area contributed by atoms with Crippen LogP contribution in [0, 0.1) is 5.92 Å². The minimum Gasteiger partial charge on any atom is -0.319 e. The summed E-state index contributed by atoms with van der Waals surface area (Å²) >= 11 is 11.8. The summed E-state index contributed by atoms with van der Waals surface area (Å²) in [4.78, 5) is 37.8. The molecule has 1 atom stereocenters. The summed E-state index contributed by atoms with van der Waals surface area (Å²) in [6.07, 6.45) is 7.30. The van der Waals surface area contributed by atoms with Crippen LogP contribution in [0.5, 0.6) is 0 Å². The molecule has 0 bridgehead atoms. The Kier molecular flexibility index (Phi) is 7.12. The number of carbonyl (C=O) groups is 2. The summed E-state index contributed by atoms with van der Waals surface area (Å²) in [5.41, 5.74) is 2.08. The Morgan fingerprint density at radius 3 is 2.48 bits per heavy atom. The van der Waals surface area contributed by atoms with Crippen molar-refractivity contribution in [2.75, 3.05) is 13.1 Å². The van der Waals surface area contributed by atoms with E-state index in [0.717, 1.165) is 30.8 Å². The number of aliphatic imine (C=N–C) groups is 1. The van der Waals surface area contributed by atoms with Gasteiger partial charge in [0.2, 0.25) is 5.91 Å². The van der Waals surface area contributed by atoms with E-state index in [2.05, 4.69) is 21.5 Å². The van der Waals surface area contributed by atoms with E-state index >= 15 is 0 Å². The van der Waals surface area contributed by atoms with Gasteiger partial charge in [-0.25, -0.2) is 0 Å². The first-order valence-electron chi connectivity index (χ1n) is 9.25. The number of pyridine rings is 2. The number of hydrogen-bond acceptors (Lipinski definition) is 5. The molecule has 1 unspecified atom stereocenters. The Labute approximate surface area is 179 Å². The Morgan fingerprint density at radius 1 is 1.17 bits per heavy atom. The fourth-order valence-corrected chi connectivity index (χ4v) is 3.63. The van der Waals surface area contributed by atoms with Crippen molar-refractivity contribution in [3.8, 4) is 0 Å². The van der Waals surface area contributed by atoms with E-state index < -0.39 is 5.92 Å². The van der Waals surface area contributed by atoms with Crippen LogP contribution >= 0.6 is 23.2 Å². The SMILES string of the molecule is C=CN1CCC(C(=O)c2ncccc2Cl)C1=O.Clc1cccnc1C1=NCCC1. The molecule has 0 N–H and O–H groups in total. The third kappa shape index (κ3) is 4.89. The maximum Gasteiger partial charge on any atom is 0.237 e. The molecule has 2 aliphatic rings. The van der Waals surface area contributed by atoms with Crippen LogP contribution in [-0.4, -0.2) is 45.4 Å². The standard InChI is InChI=1S/C12H11ClN2O2.C9H9ClN2/c1-2-15-7-5-8(12(15)17)11(16)10-9(13)4-3-6-14-10;10-7-3-1-6-12-9(7)8-4-2-5-11-8/h2-4,6,8H,1,5,7H2;1,3,6H,2,4-5H2. The van der Waals surface area contributed by atoms with Crippen LogP contribution < -0.4 is 0 Å². The van der Waals surface area contributed by atoms with Gasteiger partial charge in [-0.1, -0.05) is 29.8 Å². The lowest BCUT2D eigenvalue weighted by Gasteiger charge is -2.10. The molecule has 0 aliphatic carbocycles. The Hall–Kier alpha value is -2.57. The summed E-state index contributed by atoms with van der Waals surface area (Å²) in [6, 6.07) is 6.92. The van der Waals surface area contributed by atoms with E-state index in [1.54, 1.807) is 18.3 Å². The van der Waals surface area contributed by atoms with E-state index in [-0.39, 0.29) is 22.4 Å². The summed E-state index contributed by atoms with van der Waals surface area (Å²) in [6.45, 7) is 4.97. The van der Waals surface area contributed by atoms with Crippen LogP contribution in [0.1, 0.15) is 35.4 Å². The zero-order valence-electron chi connectivity index (χ0n) is 15.7. The van der Waals surface area contributed by atoms with E-state index in [0.29, 0.717) is 18.0 Å². The number of carbonyl (C=O) groups excluding carboxylic acids is 2. The minimum absolute atomic E-state index is 0.165. The molecule has 0 saturated carbocycles. The van der Waals surface area contributed by atoms with E-state index in [4.69, 9.17) is 23.2 Å². The van der Waals surface area contributed by atoms with Gasteiger partial charge in [-0.3, -0.25) is 24.5 Å². The summed E-state index contributed by atoms with van der Waals surface area (Å²) < 4.78 is 0. The lowest BCUT2D eigenvalue weighted by Crippen LogP contribution is -2.27. The number of nitrogens with zero attached hydrogens (tertiary/aromatic N) is 4. The van der Waals surface area contributed by atoms with E-state index in [1.165, 1.54) is 17.3 Å². The van der Waals surface area contributed by atoms with Crippen LogP contribution in [0.15, 0.2) is 54.4 Å². The van der Waals surface area contributed by atoms with Gasteiger partial charge in [0.15, 0.2) is 5.78 Å². The van der Waals surface area contributed by atoms with Crippen molar-refractivity contribution in [2.24, 2.45) is 10.9 Å². The van der Waals surface area contributed by atoms with Crippen LogP contribution in [-0.2, 0) is 4.79 Å². The van der Waals surface area contributed by atoms with Gasteiger partial charge in [-0.2, -0.15) is 0 Å². The molecule has 4 heterocycles. The molecule has 1 fully saturated rings. The van der Waals surface area contributed by atoms with Crippen molar-refractivity contribution in [2.45, 2.75) is 19.3 Å². The second kappa shape index (κ2) is 9.76. The normalized spacial score (nSPS) is 18.1. The molecule has 2 aromatic heterocycles. The zero-order chi connectivity index (χ0) is 20.8. The van der Waals surface area contributed by atoms with Crippen LogP contribution in [0.4, 0.5) is 0 Å². The number of likely N-dealkylation sites (tertiary alicyclic amines) is 1. The summed E-state index contributed by atoms with van der Waals surface area (Å²) in [5, 5.41) is 0.987. The highest BCUT2D eigenvalue weighted by molar-refractivity contribution is 6.34. The zero-order valence-corrected chi connectivity index (χ0v) is 17.2. The molecule has 1 saturated heterocycles. The monoisotopic (exact) mass is 430 g/mol. The largest absolute Gasteiger partial charge is 0.319 e. The molecule has 6 nitrogen and oxygen atoms in total. The van der Waals surface area contributed by atoms with E-state index in [9.17, 15) is 9.59 Å². The lowest BCUT2D eigenvalue weighted by atomic mass is 10.00. The van der Waals surface area contributed by atoms with Gasteiger partial charge in [-0.05, 0) is 49.7 Å². The average molecular weight is 431 g/mol. The number of aromatic nitrogens is 2. The van der Waals surface area contributed by atoms with Crippen molar-refractivity contribution in [3.63, 3.8) is 0 Å². The number of ketones is 1. The number of hydrogen-bond donors (Lipinski definition) is 0. The molecule has 4 rings (SSSR count). The van der Waals surface area contributed by atoms with Crippen molar-refractivity contribution < 1.29 is 9.59 Å². The van der Waals surface area contributed by atoms with Crippen molar-refractivity contribution in [1.29, 1.82) is 0 Å². The predicted molar refractivity (Wildman–Crippen MR) is 113 cm³/mol. The quantitative estimate of drug-likeness (QED) is 0.537. The minimum atomic E-state index is -0.680. The topological polar surface area (TPSA) is 75.5 Å². The molecule has 0 spiro atoms. The average Bonchev–Trinajstić information content (AvgIpc) is 3.38. The molecular formula is C21H20Cl2N4O2. The molecule has 2 aromatic rings. The first kappa shape index (κ1) is 21.1. The van der Waals surface area contributed by atoms with Gasteiger partial charge >= 0.3 is 0 Å². The maximum atomic E-state index is 12.1. The van der Waals surface area contributed by atoms with Crippen molar-refractivity contribution in [1.82, 2.24) is 14.9 Å². The number of Topliss-reactive ketones (excluding diaryl/α,β-unsaturated/α-hetero) is 1. The van der Waals surface area contributed by atoms with Crippen LogP contribution in [0.2, 0.25) is 10.0 Å². The predicted octanol–water partition coefficient (Wildman–Crippen LogP) is 4.23. The van der Waals surface area contributed by atoms with Gasteiger partial charge in [0.1, 0.15) is 17.3 Å². The molecule has 1 amide bonds. The Bertz CT molecular complexity index is 961. The van der Waals surface area contributed by atoms with Crippen molar-refractivity contribution >= 4 is 40.6 Å². The molecule has 8 heteroatoms. The molecule has 150 valence electrons. The van der Waals surface area contributed by atoms with Crippen LogP contribution in [0.3, 0.4) is 0 Å². The second-order valence-electron chi connectivity index (χ2n) is 6.52. The molecule has 2 aliphatic heterocycles. The first-order chi connectivity index (χ1) is 14.0. The summed E-state index contributed by atoms with van der Waals surface area (Å²) in [7, 11) is 0. The van der Waals surface area contributed by atoms with Gasteiger partial charge in [-0.15, -0.1) is 0 Å². The van der Waals surface area contributed by atoms with Crippen molar-refractivity contribution in [3.05, 3.63) is 70.9 Å². The highest BCUT2D eigenvalue weighted by atomic mass is 35.5. The molecular weight excluding hydrogens is 411 g/mol. The highest BCUT2D eigenvalue weighted by Gasteiger charge is 2.37. The number of halogens is 2. The smallest absolute Gasteiger partial charge is 0.237 e. The summed E-state index contributed by atoms with van der Waals surface area (Å²) in [5.74, 6) is -1.22. The fraction of sp³-hybridized carbons (Fsp3) is 0.286. The van der Waals surface area contributed by atoms with E-state index in [1.807, 2.05) is 12.1 Å². The van der Waals surface area contributed by atoms with Gasteiger partial charge in [0.05, 0.1) is 15.8 Å². The molecule has 29 heavy (non-hydrogen) atoms. The Morgan fingerprint density at radius 2 is 1.90 bits per heavy atom. The van der Waals surface area contributed by atoms with Crippen LogP contribution in [0.25, 0.3) is 0 Å². The molecule has 0 radical (unpaired) electrons. The third-order valence-electron chi connectivity index (χ3n) is 4.67.